The third-order valence-electron chi connectivity index (χ3n) is 10.5. The Hall–Kier alpha value is -2.33. The standard InChI is InChI=1S/C47H81N3O/c1-4-6-8-10-12-14-16-18-20-22-24-26-28-33-41-50(42-34-29-27-25-23-21-19-17-15-13-11-9-7-5-2)43-48-47(44-35-31-30-32-36-44)49-45-37-39-46(51-3)40-38-45/h30-32,35-40H,4-29,33-34,41-43H2,1-3H3,(H,48,49). The molecule has 4 heteroatoms. The number of benzene rings is 2. The quantitative estimate of drug-likeness (QED) is 0.0441. The van der Waals surface area contributed by atoms with E-state index >= 15 is 0 Å². The van der Waals surface area contributed by atoms with Crippen molar-refractivity contribution in [3.8, 4) is 5.75 Å². The third-order valence-corrected chi connectivity index (χ3v) is 10.5. The van der Waals surface area contributed by atoms with Crippen LogP contribution in [0.2, 0.25) is 0 Å². The summed E-state index contributed by atoms with van der Waals surface area (Å²) in [5, 5.41) is 3.61. The lowest BCUT2D eigenvalue weighted by Crippen LogP contribution is -2.28. The van der Waals surface area contributed by atoms with Crippen molar-refractivity contribution < 1.29 is 4.74 Å². The largest absolute Gasteiger partial charge is 0.497 e. The number of aliphatic imine (C=N–C) groups is 1. The number of hydrogen-bond acceptors (Lipinski definition) is 3. The maximum absolute atomic E-state index is 5.38. The highest BCUT2D eigenvalue weighted by Gasteiger charge is 2.09. The summed E-state index contributed by atoms with van der Waals surface area (Å²) in [5.74, 6) is 1.80. The van der Waals surface area contributed by atoms with Crippen molar-refractivity contribution in [2.45, 2.75) is 194 Å². The molecule has 51 heavy (non-hydrogen) atoms. The van der Waals surface area contributed by atoms with Gasteiger partial charge in [0.25, 0.3) is 0 Å². The molecule has 0 bridgehead atoms. The van der Waals surface area contributed by atoms with Gasteiger partial charge in [0.1, 0.15) is 11.6 Å². The smallest absolute Gasteiger partial charge is 0.134 e. The molecule has 0 heterocycles. The van der Waals surface area contributed by atoms with Crippen LogP contribution in [0.15, 0.2) is 59.6 Å². The van der Waals surface area contributed by atoms with Crippen LogP contribution in [0, 0.1) is 0 Å². The number of amidine groups is 1. The van der Waals surface area contributed by atoms with Crippen molar-refractivity contribution in [2.75, 3.05) is 32.2 Å². The molecule has 0 radical (unpaired) electrons. The molecule has 2 rings (SSSR count). The minimum absolute atomic E-state index is 0.740. The zero-order valence-electron chi connectivity index (χ0n) is 33.9. The summed E-state index contributed by atoms with van der Waals surface area (Å²) >= 11 is 0. The van der Waals surface area contributed by atoms with E-state index in [1.165, 1.54) is 180 Å². The number of nitrogens with one attached hydrogen (secondary N) is 1. The van der Waals surface area contributed by atoms with Crippen LogP contribution in [0.1, 0.15) is 199 Å². The molecule has 0 aliphatic heterocycles. The molecular weight excluding hydrogens is 623 g/mol. The predicted octanol–water partition coefficient (Wildman–Crippen LogP) is 14.8. The summed E-state index contributed by atoms with van der Waals surface area (Å²) < 4.78 is 5.38. The fourth-order valence-electron chi connectivity index (χ4n) is 7.09. The Kier molecular flexibility index (Phi) is 29.4. The molecule has 0 unspecified atom stereocenters. The molecule has 0 saturated carbocycles. The van der Waals surface area contributed by atoms with E-state index in [-0.39, 0.29) is 0 Å². The molecule has 0 fully saturated rings. The van der Waals surface area contributed by atoms with Gasteiger partial charge in [0, 0.05) is 11.3 Å². The molecule has 2 aromatic carbocycles. The van der Waals surface area contributed by atoms with Crippen LogP contribution in [0.5, 0.6) is 5.75 Å². The van der Waals surface area contributed by atoms with Gasteiger partial charge >= 0.3 is 0 Å². The number of unbranched alkanes of at least 4 members (excludes halogenated alkanes) is 26. The van der Waals surface area contributed by atoms with Crippen LogP contribution < -0.4 is 10.1 Å². The highest BCUT2D eigenvalue weighted by molar-refractivity contribution is 6.08. The molecule has 0 aliphatic carbocycles. The highest BCUT2D eigenvalue weighted by Crippen LogP contribution is 2.18. The molecular formula is C47H81N3O. The first-order chi connectivity index (χ1) is 25.3. The molecule has 290 valence electrons. The van der Waals surface area contributed by atoms with E-state index in [4.69, 9.17) is 9.73 Å². The van der Waals surface area contributed by atoms with Gasteiger partial charge in [0.2, 0.25) is 0 Å². The Morgan fingerprint density at radius 2 is 0.863 bits per heavy atom. The Morgan fingerprint density at radius 1 is 0.490 bits per heavy atom. The molecule has 1 N–H and O–H groups in total. The normalized spacial score (nSPS) is 11.8. The van der Waals surface area contributed by atoms with Crippen molar-refractivity contribution >= 4 is 11.5 Å². The second-order valence-electron chi connectivity index (χ2n) is 15.2. The van der Waals surface area contributed by atoms with Gasteiger partial charge in [-0.2, -0.15) is 0 Å². The van der Waals surface area contributed by atoms with E-state index in [9.17, 15) is 0 Å². The molecule has 2 aromatic rings. The van der Waals surface area contributed by atoms with Gasteiger partial charge in [-0.3, -0.25) is 9.89 Å². The topological polar surface area (TPSA) is 36.9 Å². The van der Waals surface area contributed by atoms with Gasteiger partial charge in [0.05, 0.1) is 13.8 Å². The molecule has 0 saturated heterocycles. The maximum atomic E-state index is 5.38. The van der Waals surface area contributed by atoms with Gasteiger partial charge in [-0.25, -0.2) is 0 Å². The average Bonchev–Trinajstić information content (AvgIpc) is 3.16. The van der Waals surface area contributed by atoms with Gasteiger partial charge in [-0.1, -0.05) is 211 Å². The van der Waals surface area contributed by atoms with Crippen molar-refractivity contribution in [3.63, 3.8) is 0 Å². The van der Waals surface area contributed by atoms with Gasteiger partial charge in [-0.15, -0.1) is 0 Å². The molecule has 0 aliphatic rings. The second kappa shape index (κ2) is 33.5. The summed E-state index contributed by atoms with van der Waals surface area (Å²) in [7, 11) is 1.71. The maximum Gasteiger partial charge on any atom is 0.134 e. The highest BCUT2D eigenvalue weighted by atomic mass is 16.5. The zero-order valence-corrected chi connectivity index (χ0v) is 33.9. The van der Waals surface area contributed by atoms with Gasteiger partial charge < -0.3 is 10.1 Å². The molecule has 0 atom stereocenters. The van der Waals surface area contributed by atoms with Gasteiger partial charge in [0.15, 0.2) is 0 Å². The number of rotatable bonds is 35. The second-order valence-corrected chi connectivity index (χ2v) is 15.2. The number of hydrogen-bond donors (Lipinski definition) is 1. The Bertz CT molecular complexity index is 1010. The summed E-state index contributed by atoms with van der Waals surface area (Å²) in [6.45, 7) is 7.63. The van der Waals surface area contributed by atoms with E-state index in [0.29, 0.717) is 0 Å². The van der Waals surface area contributed by atoms with Crippen molar-refractivity contribution in [1.29, 1.82) is 0 Å². The van der Waals surface area contributed by atoms with Crippen LogP contribution in [0.25, 0.3) is 0 Å². The van der Waals surface area contributed by atoms with Gasteiger partial charge in [-0.05, 0) is 50.2 Å². The Morgan fingerprint density at radius 3 is 1.24 bits per heavy atom. The lowest BCUT2D eigenvalue weighted by molar-refractivity contribution is 0.268. The average molecular weight is 704 g/mol. The number of methoxy groups -OCH3 is 1. The molecule has 0 amide bonds. The molecule has 0 aromatic heterocycles. The first-order valence-electron chi connectivity index (χ1n) is 22.0. The lowest BCUT2D eigenvalue weighted by atomic mass is 10.0. The first kappa shape index (κ1) is 44.8. The third kappa shape index (κ3) is 25.3. The van der Waals surface area contributed by atoms with Crippen molar-refractivity contribution in [2.24, 2.45) is 4.99 Å². The van der Waals surface area contributed by atoms with Crippen LogP contribution >= 0.6 is 0 Å². The monoisotopic (exact) mass is 704 g/mol. The predicted molar refractivity (Wildman–Crippen MR) is 227 cm³/mol. The van der Waals surface area contributed by atoms with Crippen LogP contribution in [0.4, 0.5) is 5.69 Å². The number of ether oxygens (including phenoxy) is 1. The fourth-order valence-corrected chi connectivity index (χ4v) is 7.09. The summed E-state index contributed by atoms with van der Waals surface area (Å²) in [5.41, 5.74) is 2.16. The van der Waals surface area contributed by atoms with E-state index in [2.05, 4.69) is 66.5 Å². The van der Waals surface area contributed by atoms with Crippen molar-refractivity contribution in [1.82, 2.24) is 4.90 Å². The van der Waals surface area contributed by atoms with Crippen LogP contribution in [0.3, 0.4) is 0 Å². The minimum Gasteiger partial charge on any atom is -0.497 e. The SMILES string of the molecule is CCCCCCCCCCCCCCCCN(CCCCCCCCCCCCCCCC)CN=C(Nc1ccc(OC)cc1)c1ccccc1. The van der Waals surface area contributed by atoms with Crippen molar-refractivity contribution in [3.05, 3.63) is 60.2 Å². The summed E-state index contributed by atoms with van der Waals surface area (Å²) in [6, 6.07) is 18.7. The molecule has 4 nitrogen and oxygen atoms in total. The van der Waals surface area contributed by atoms with Crippen LogP contribution in [-0.2, 0) is 0 Å². The first-order valence-corrected chi connectivity index (χ1v) is 22.0. The minimum atomic E-state index is 0.740. The zero-order chi connectivity index (χ0) is 36.3. The van der Waals surface area contributed by atoms with E-state index in [0.717, 1.165) is 42.6 Å². The lowest BCUT2D eigenvalue weighted by Gasteiger charge is -2.21. The van der Waals surface area contributed by atoms with E-state index < -0.39 is 0 Å². The number of nitrogens with zero attached hydrogens (tertiary/aromatic N) is 2. The summed E-state index contributed by atoms with van der Waals surface area (Å²) in [4.78, 5) is 7.81. The van der Waals surface area contributed by atoms with E-state index in [1.54, 1.807) is 7.11 Å². The fraction of sp³-hybridized carbons (Fsp3) is 0.723. The number of anilines is 1. The van der Waals surface area contributed by atoms with E-state index in [1.807, 2.05) is 12.1 Å². The Labute approximate surface area is 317 Å². The molecule has 0 spiro atoms. The summed E-state index contributed by atoms with van der Waals surface area (Å²) in [6.07, 6.45) is 39.3. The van der Waals surface area contributed by atoms with Crippen LogP contribution in [-0.4, -0.2) is 37.6 Å². The Balaban J connectivity index is 1.76.